The highest BCUT2D eigenvalue weighted by Crippen LogP contribution is 2.34. The summed E-state index contributed by atoms with van der Waals surface area (Å²) in [5, 5.41) is 12.8. The van der Waals surface area contributed by atoms with Crippen LogP contribution in [0.25, 0.3) is 0 Å². The van der Waals surface area contributed by atoms with E-state index in [1.165, 1.54) is 0 Å². The number of nitrogens with one attached hydrogen (secondary N) is 1. The second-order valence-electron chi connectivity index (χ2n) is 8.04. The van der Waals surface area contributed by atoms with E-state index < -0.39 is 0 Å². The van der Waals surface area contributed by atoms with Crippen LogP contribution in [0.2, 0.25) is 5.02 Å². The topological polar surface area (TPSA) is 52.6 Å². The van der Waals surface area contributed by atoms with E-state index in [1.54, 1.807) is 0 Å². The van der Waals surface area contributed by atoms with Crippen molar-refractivity contribution in [3.63, 3.8) is 0 Å². The minimum atomic E-state index is -0.0570. The average molecular weight is 367 g/mol. The SMILES string of the molecule is CC(C)(C)c1cccc(NC(=O)CCCN2CCC(CO)CC2)c1Cl. The molecule has 1 saturated heterocycles. The Morgan fingerprint density at radius 3 is 2.60 bits per heavy atom. The molecule has 1 aromatic carbocycles. The molecule has 1 heterocycles. The fourth-order valence-electron chi connectivity index (χ4n) is 3.28. The zero-order valence-electron chi connectivity index (χ0n) is 15.6. The van der Waals surface area contributed by atoms with Gasteiger partial charge in [-0.2, -0.15) is 0 Å². The Kier molecular flexibility index (Phi) is 7.29. The summed E-state index contributed by atoms with van der Waals surface area (Å²) in [6.45, 7) is 9.60. The number of likely N-dealkylation sites (tertiary alicyclic amines) is 1. The lowest BCUT2D eigenvalue weighted by Crippen LogP contribution is -2.35. The lowest BCUT2D eigenvalue weighted by Gasteiger charge is -2.30. The fourth-order valence-corrected chi connectivity index (χ4v) is 3.73. The van der Waals surface area contributed by atoms with E-state index in [4.69, 9.17) is 11.6 Å². The van der Waals surface area contributed by atoms with Crippen LogP contribution in [0.4, 0.5) is 5.69 Å². The van der Waals surface area contributed by atoms with E-state index in [2.05, 4.69) is 31.0 Å². The Labute approximate surface area is 156 Å². The van der Waals surface area contributed by atoms with Crippen LogP contribution in [0.15, 0.2) is 18.2 Å². The van der Waals surface area contributed by atoms with E-state index in [0.29, 0.717) is 29.7 Å². The number of hydrogen-bond acceptors (Lipinski definition) is 3. The number of rotatable bonds is 6. The van der Waals surface area contributed by atoms with Crippen molar-refractivity contribution in [3.8, 4) is 0 Å². The van der Waals surface area contributed by atoms with Crippen molar-refractivity contribution >= 4 is 23.2 Å². The molecule has 4 nitrogen and oxygen atoms in total. The predicted molar refractivity (Wildman–Crippen MR) is 104 cm³/mol. The Morgan fingerprint density at radius 2 is 2.00 bits per heavy atom. The van der Waals surface area contributed by atoms with Crippen LogP contribution in [-0.2, 0) is 10.2 Å². The van der Waals surface area contributed by atoms with Gasteiger partial charge in [0.25, 0.3) is 0 Å². The van der Waals surface area contributed by atoms with Crippen LogP contribution in [0.3, 0.4) is 0 Å². The molecule has 2 rings (SSSR count). The largest absolute Gasteiger partial charge is 0.396 e. The summed E-state index contributed by atoms with van der Waals surface area (Å²) in [5.41, 5.74) is 1.68. The number of carbonyl (C=O) groups excluding carboxylic acids is 1. The summed E-state index contributed by atoms with van der Waals surface area (Å²) in [5.74, 6) is 0.468. The Bertz CT molecular complexity index is 576. The van der Waals surface area contributed by atoms with Crippen LogP contribution in [-0.4, -0.2) is 42.2 Å². The minimum Gasteiger partial charge on any atom is -0.396 e. The molecule has 5 heteroatoms. The molecule has 0 spiro atoms. The van der Waals surface area contributed by atoms with Gasteiger partial charge in [-0.05, 0) is 61.9 Å². The van der Waals surface area contributed by atoms with E-state index in [0.717, 1.165) is 44.5 Å². The van der Waals surface area contributed by atoms with Gasteiger partial charge in [0.2, 0.25) is 5.91 Å². The first-order valence-corrected chi connectivity index (χ1v) is 9.61. The molecule has 1 aliphatic heterocycles. The number of anilines is 1. The summed E-state index contributed by atoms with van der Waals surface area (Å²) in [6.07, 6.45) is 3.44. The smallest absolute Gasteiger partial charge is 0.224 e. The molecule has 0 unspecified atom stereocenters. The predicted octanol–water partition coefficient (Wildman–Crippen LogP) is 4.06. The number of hydrogen-bond donors (Lipinski definition) is 2. The van der Waals surface area contributed by atoms with Crippen molar-refractivity contribution < 1.29 is 9.90 Å². The highest BCUT2D eigenvalue weighted by atomic mass is 35.5. The van der Waals surface area contributed by atoms with Crippen molar-refractivity contribution in [1.29, 1.82) is 0 Å². The van der Waals surface area contributed by atoms with Gasteiger partial charge in [0.1, 0.15) is 0 Å². The number of piperidine rings is 1. The summed E-state index contributed by atoms with van der Waals surface area (Å²) >= 11 is 6.48. The maximum atomic E-state index is 12.2. The molecule has 140 valence electrons. The third-order valence-corrected chi connectivity index (χ3v) is 5.33. The molecular weight excluding hydrogens is 336 g/mol. The normalized spacial score (nSPS) is 16.8. The first-order chi connectivity index (χ1) is 11.8. The molecule has 0 atom stereocenters. The van der Waals surface area contributed by atoms with Crippen LogP contribution < -0.4 is 5.32 Å². The van der Waals surface area contributed by atoms with Gasteiger partial charge in [0.05, 0.1) is 10.7 Å². The Balaban J connectivity index is 1.79. The van der Waals surface area contributed by atoms with E-state index in [9.17, 15) is 9.90 Å². The Morgan fingerprint density at radius 1 is 1.32 bits per heavy atom. The molecule has 0 aliphatic carbocycles. The maximum Gasteiger partial charge on any atom is 0.224 e. The number of nitrogens with zero attached hydrogens (tertiary/aromatic N) is 1. The molecule has 1 aromatic rings. The molecule has 0 bridgehead atoms. The van der Waals surface area contributed by atoms with Gasteiger partial charge in [0, 0.05) is 13.0 Å². The molecule has 0 radical (unpaired) electrons. The second-order valence-corrected chi connectivity index (χ2v) is 8.41. The summed E-state index contributed by atoms with van der Waals surface area (Å²) in [6, 6.07) is 5.80. The van der Waals surface area contributed by atoms with Gasteiger partial charge in [-0.15, -0.1) is 0 Å². The molecule has 0 saturated carbocycles. The fraction of sp³-hybridized carbons (Fsp3) is 0.650. The van der Waals surface area contributed by atoms with Crippen LogP contribution in [0.1, 0.15) is 52.0 Å². The van der Waals surface area contributed by atoms with Gasteiger partial charge in [0.15, 0.2) is 0 Å². The first kappa shape index (κ1) is 20.2. The molecular formula is C20H31ClN2O2. The molecule has 1 amide bonds. The molecule has 25 heavy (non-hydrogen) atoms. The zero-order valence-corrected chi connectivity index (χ0v) is 16.4. The van der Waals surface area contributed by atoms with Crippen LogP contribution in [0.5, 0.6) is 0 Å². The zero-order chi connectivity index (χ0) is 18.4. The molecule has 0 aromatic heterocycles. The number of aliphatic hydroxyl groups is 1. The number of benzene rings is 1. The van der Waals surface area contributed by atoms with Gasteiger partial charge < -0.3 is 15.3 Å². The number of amides is 1. The minimum absolute atomic E-state index is 0.0122. The lowest BCUT2D eigenvalue weighted by molar-refractivity contribution is -0.116. The number of aliphatic hydroxyl groups excluding tert-OH is 1. The van der Waals surface area contributed by atoms with Crippen molar-refractivity contribution in [2.24, 2.45) is 5.92 Å². The molecule has 2 N–H and O–H groups in total. The van der Waals surface area contributed by atoms with Gasteiger partial charge in [-0.3, -0.25) is 4.79 Å². The lowest BCUT2D eigenvalue weighted by atomic mass is 9.87. The van der Waals surface area contributed by atoms with Crippen molar-refractivity contribution in [2.75, 3.05) is 31.6 Å². The van der Waals surface area contributed by atoms with Crippen LogP contribution >= 0.6 is 11.6 Å². The van der Waals surface area contributed by atoms with E-state index in [1.807, 2.05) is 18.2 Å². The van der Waals surface area contributed by atoms with Gasteiger partial charge in [-0.1, -0.05) is 44.5 Å². The maximum absolute atomic E-state index is 12.2. The van der Waals surface area contributed by atoms with Crippen LogP contribution in [0, 0.1) is 5.92 Å². The third kappa shape index (κ3) is 5.98. The molecule has 1 aliphatic rings. The summed E-state index contributed by atoms with van der Waals surface area (Å²) in [7, 11) is 0. The number of halogens is 1. The monoisotopic (exact) mass is 366 g/mol. The average Bonchev–Trinajstić information content (AvgIpc) is 2.56. The van der Waals surface area contributed by atoms with Gasteiger partial charge in [-0.25, -0.2) is 0 Å². The van der Waals surface area contributed by atoms with Crippen molar-refractivity contribution in [1.82, 2.24) is 4.90 Å². The third-order valence-electron chi connectivity index (χ3n) is 4.92. The Hall–Kier alpha value is -1.10. The summed E-state index contributed by atoms with van der Waals surface area (Å²) < 4.78 is 0. The standard InChI is InChI=1S/C20H31ClN2O2/c1-20(2,3)16-6-4-7-17(19(16)21)22-18(25)8-5-11-23-12-9-15(14-24)10-13-23/h4,6-7,15,24H,5,8-14H2,1-3H3,(H,22,25). The van der Waals surface area contributed by atoms with E-state index in [-0.39, 0.29) is 11.3 Å². The van der Waals surface area contributed by atoms with Crippen molar-refractivity contribution in [3.05, 3.63) is 28.8 Å². The van der Waals surface area contributed by atoms with E-state index >= 15 is 0 Å². The summed E-state index contributed by atoms with van der Waals surface area (Å²) in [4.78, 5) is 14.6. The highest BCUT2D eigenvalue weighted by Gasteiger charge is 2.20. The first-order valence-electron chi connectivity index (χ1n) is 9.23. The quantitative estimate of drug-likeness (QED) is 0.798. The highest BCUT2D eigenvalue weighted by molar-refractivity contribution is 6.34. The second kappa shape index (κ2) is 9.02. The number of carbonyl (C=O) groups is 1. The van der Waals surface area contributed by atoms with Gasteiger partial charge >= 0.3 is 0 Å². The van der Waals surface area contributed by atoms with Crippen molar-refractivity contribution in [2.45, 2.75) is 51.9 Å². The molecule has 1 fully saturated rings.